The summed E-state index contributed by atoms with van der Waals surface area (Å²) in [6, 6.07) is 22.7. The summed E-state index contributed by atoms with van der Waals surface area (Å²) in [4.78, 5) is 16.9. The molecule has 0 aliphatic rings. The fraction of sp³-hybridized carbons (Fsp3) is 0.0909. The van der Waals surface area contributed by atoms with Crippen LogP contribution in [0.1, 0.15) is 27.4 Å². The highest BCUT2D eigenvalue weighted by Crippen LogP contribution is 2.20. The van der Waals surface area contributed by atoms with Crippen molar-refractivity contribution in [2.75, 3.05) is 0 Å². The largest absolute Gasteiger partial charge is 0.440 e. The smallest absolute Gasteiger partial charge is 0.251 e. The van der Waals surface area contributed by atoms with Gasteiger partial charge in [0.05, 0.1) is 0 Å². The van der Waals surface area contributed by atoms with Crippen molar-refractivity contribution in [2.45, 2.75) is 13.0 Å². The molecule has 134 valence electrons. The number of fused-ring (bicyclic) bond motifs is 1. The zero-order chi connectivity index (χ0) is 18.6. The van der Waals surface area contributed by atoms with Gasteiger partial charge in [-0.15, -0.1) is 0 Å². The van der Waals surface area contributed by atoms with Crippen LogP contribution < -0.4 is 5.32 Å². The predicted molar refractivity (Wildman–Crippen MR) is 106 cm³/mol. The van der Waals surface area contributed by atoms with Gasteiger partial charge in [0.25, 0.3) is 5.91 Å². The van der Waals surface area contributed by atoms with Crippen molar-refractivity contribution in [3.05, 3.63) is 100 Å². The maximum Gasteiger partial charge on any atom is 0.251 e. The van der Waals surface area contributed by atoms with E-state index >= 15 is 0 Å². The van der Waals surface area contributed by atoms with Crippen molar-refractivity contribution in [1.82, 2.24) is 10.3 Å². The zero-order valence-electron chi connectivity index (χ0n) is 14.5. The topological polar surface area (TPSA) is 55.1 Å². The summed E-state index contributed by atoms with van der Waals surface area (Å²) in [6.45, 7) is 0.480. The fourth-order valence-electron chi connectivity index (χ4n) is 2.89. The van der Waals surface area contributed by atoms with Gasteiger partial charge in [0.2, 0.25) is 0 Å². The molecular weight excluding hydrogens is 360 g/mol. The Morgan fingerprint density at radius 1 is 0.963 bits per heavy atom. The number of carbonyl (C=O) groups excluding carboxylic acids is 1. The summed E-state index contributed by atoms with van der Waals surface area (Å²) >= 11 is 6.02. The molecular formula is C22H17ClN2O2. The van der Waals surface area contributed by atoms with Gasteiger partial charge in [0.15, 0.2) is 11.5 Å². The van der Waals surface area contributed by atoms with Gasteiger partial charge in [0, 0.05) is 23.6 Å². The van der Waals surface area contributed by atoms with Crippen LogP contribution in [0.15, 0.2) is 77.2 Å². The lowest BCUT2D eigenvalue weighted by Crippen LogP contribution is -2.22. The van der Waals surface area contributed by atoms with Crippen molar-refractivity contribution in [2.24, 2.45) is 0 Å². The number of oxazole rings is 1. The third-order valence-corrected chi connectivity index (χ3v) is 4.47. The van der Waals surface area contributed by atoms with Gasteiger partial charge >= 0.3 is 0 Å². The van der Waals surface area contributed by atoms with Crippen LogP contribution in [0.25, 0.3) is 11.1 Å². The van der Waals surface area contributed by atoms with Gasteiger partial charge in [-0.25, -0.2) is 4.98 Å². The molecule has 4 aromatic rings. The number of amides is 1. The summed E-state index contributed by atoms with van der Waals surface area (Å²) in [5.74, 6) is 0.447. The van der Waals surface area contributed by atoms with E-state index in [0.717, 1.165) is 16.6 Å². The maximum absolute atomic E-state index is 12.4. The standard InChI is InChI=1S/C22H17ClN2O2/c23-18-8-4-7-16(11-18)12-21-25-19-10-9-17(13-20(19)27-21)22(26)24-14-15-5-2-1-3-6-15/h1-11,13H,12,14H2,(H,24,26). The number of halogens is 1. The molecule has 0 bridgehead atoms. The summed E-state index contributed by atoms with van der Waals surface area (Å²) in [5, 5.41) is 3.60. The molecule has 1 aromatic heterocycles. The van der Waals surface area contributed by atoms with E-state index < -0.39 is 0 Å². The van der Waals surface area contributed by atoms with E-state index in [2.05, 4.69) is 10.3 Å². The second-order valence-corrected chi connectivity index (χ2v) is 6.70. The van der Waals surface area contributed by atoms with Crippen molar-refractivity contribution in [3.63, 3.8) is 0 Å². The quantitative estimate of drug-likeness (QED) is 0.533. The number of nitrogens with zero attached hydrogens (tertiary/aromatic N) is 1. The first-order valence-corrected chi connectivity index (χ1v) is 9.01. The molecule has 4 nitrogen and oxygen atoms in total. The molecule has 0 atom stereocenters. The lowest BCUT2D eigenvalue weighted by molar-refractivity contribution is 0.0951. The second-order valence-electron chi connectivity index (χ2n) is 6.27. The van der Waals surface area contributed by atoms with Crippen LogP contribution in [-0.2, 0) is 13.0 Å². The zero-order valence-corrected chi connectivity index (χ0v) is 15.2. The van der Waals surface area contributed by atoms with Gasteiger partial charge in [0.1, 0.15) is 5.52 Å². The fourth-order valence-corrected chi connectivity index (χ4v) is 3.10. The number of rotatable bonds is 5. The maximum atomic E-state index is 12.4. The Balaban J connectivity index is 1.49. The summed E-state index contributed by atoms with van der Waals surface area (Å²) in [6.07, 6.45) is 0.546. The average molecular weight is 377 g/mol. The minimum absolute atomic E-state index is 0.145. The molecule has 0 unspecified atom stereocenters. The van der Waals surface area contributed by atoms with Gasteiger partial charge in [-0.05, 0) is 41.5 Å². The minimum atomic E-state index is -0.145. The number of nitrogens with one attached hydrogen (secondary N) is 1. The van der Waals surface area contributed by atoms with Gasteiger partial charge in [-0.3, -0.25) is 4.79 Å². The Hall–Kier alpha value is -3.11. The number of aromatic nitrogens is 1. The Kier molecular flexibility index (Phi) is 4.90. The Morgan fingerprint density at radius 2 is 1.78 bits per heavy atom. The lowest BCUT2D eigenvalue weighted by Gasteiger charge is -2.05. The normalized spacial score (nSPS) is 10.9. The lowest BCUT2D eigenvalue weighted by atomic mass is 10.1. The van der Waals surface area contributed by atoms with Crippen LogP contribution in [-0.4, -0.2) is 10.9 Å². The molecule has 27 heavy (non-hydrogen) atoms. The van der Waals surface area contributed by atoms with Crippen molar-refractivity contribution >= 4 is 28.6 Å². The first kappa shape index (κ1) is 17.3. The summed E-state index contributed by atoms with van der Waals surface area (Å²) in [7, 11) is 0. The third kappa shape index (κ3) is 4.18. The molecule has 3 aromatic carbocycles. The van der Waals surface area contributed by atoms with E-state index in [1.54, 1.807) is 18.2 Å². The number of benzene rings is 3. The molecule has 0 aliphatic carbocycles. The molecule has 1 heterocycles. The molecule has 1 amide bonds. The van der Waals surface area contributed by atoms with E-state index in [9.17, 15) is 4.79 Å². The molecule has 0 spiro atoms. The van der Waals surface area contributed by atoms with E-state index in [1.807, 2.05) is 54.6 Å². The highest BCUT2D eigenvalue weighted by molar-refractivity contribution is 6.30. The van der Waals surface area contributed by atoms with Crippen LogP contribution in [0.3, 0.4) is 0 Å². The molecule has 0 fully saturated rings. The number of hydrogen-bond donors (Lipinski definition) is 1. The van der Waals surface area contributed by atoms with Gasteiger partial charge in [-0.2, -0.15) is 0 Å². The van der Waals surface area contributed by atoms with Crippen LogP contribution >= 0.6 is 11.6 Å². The van der Waals surface area contributed by atoms with E-state index in [1.165, 1.54) is 0 Å². The summed E-state index contributed by atoms with van der Waals surface area (Å²) < 4.78 is 5.83. The van der Waals surface area contributed by atoms with Gasteiger partial charge in [-0.1, -0.05) is 54.1 Å². The molecule has 1 N–H and O–H groups in total. The Morgan fingerprint density at radius 3 is 2.59 bits per heavy atom. The number of hydrogen-bond acceptors (Lipinski definition) is 3. The SMILES string of the molecule is O=C(NCc1ccccc1)c1ccc2nc(Cc3cccc(Cl)c3)oc2c1. The first-order valence-electron chi connectivity index (χ1n) is 8.63. The first-order chi connectivity index (χ1) is 13.2. The van der Waals surface area contributed by atoms with Crippen LogP contribution in [0.5, 0.6) is 0 Å². The van der Waals surface area contributed by atoms with E-state index in [4.69, 9.17) is 16.0 Å². The molecule has 5 heteroatoms. The monoisotopic (exact) mass is 376 g/mol. The Bertz CT molecular complexity index is 1090. The van der Waals surface area contributed by atoms with Crippen LogP contribution in [0.4, 0.5) is 0 Å². The highest BCUT2D eigenvalue weighted by atomic mass is 35.5. The average Bonchev–Trinajstić information content (AvgIpc) is 3.08. The van der Waals surface area contributed by atoms with Crippen molar-refractivity contribution in [1.29, 1.82) is 0 Å². The highest BCUT2D eigenvalue weighted by Gasteiger charge is 2.11. The van der Waals surface area contributed by atoms with E-state index in [0.29, 0.717) is 35.0 Å². The third-order valence-electron chi connectivity index (χ3n) is 4.24. The minimum Gasteiger partial charge on any atom is -0.440 e. The molecule has 0 aliphatic heterocycles. The molecule has 4 rings (SSSR count). The van der Waals surface area contributed by atoms with Crippen LogP contribution in [0, 0.1) is 0 Å². The van der Waals surface area contributed by atoms with E-state index in [-0.39, 0.29) is 5.91 Å². The van der Waals surface area contributed by atoms with Crippen LogP contribution in [0.2, 0.25) is 5.02 Å². The molecule has 0 radical (unpaired) electrons. The predicted octanol–water partition coefficient (Wildman–Crippen LogP) is 5.00. The molecule has 0 saturated heterocycles. The molecule has 0 saturated carbocycles. The second kappa shape index (κ2) is 7.64. The summed E-state index contributed by atoms with van der Waals surface area (Å²) in [5.41, 5.74) is 3.94. The van der Waals surface area contributed by atoms with Crippen molar-refractivity contribution < 1.29 is 9.21 Å². The van der Waals surface area contributed by atoms with Gasteiger partial charge < -0.3 is 9.73 Å². The number of carbonyl (C=O) groups is 1. The Labute approximate surface area is 161 Å². The van der Waals surface area contributed by atoms with Crippen molar-refractivity contribution in [3.8, 4) is 0 Å².